The van der Waals surface area contributed by atoms with Crippen LogP contribution >= 0.6 is 0 Å². The molecule has 0 radical (unpaired) electrons. The topological polar surface area (TPSA) is 3.24 Å². The van der Waals surface area contributed by atoms with Crippen molar-refractivity contribution in [3.63, 3.8) is 0 Å². The molecule has 0 spiro atoms. The Balaban J connectivity index is 3.25. The third kappa shape index (κ3) is 2.16. The molecule has 1 heteroatoms. The van der Waals surface area contributed by atoms with Gasteiger partial charge in [-0.2, -0.15) is 0 Å². The van der Waals surface area contributed by atoms with Crippen LogP contribution in [0, 0.1) is 27.7 Å². The van der Waals surface area contributed by atoms with Gasteiger partial charge in [0.1, 0.15) is 0 Å². The normalized spacial score (nSPS) is 11.1. The van der Waals surface area contributed by atoms with Crippen molar-refractivity contribution in [2.75, 3.05) is 14.1 Å². The summed E-state index contributed by atoms with van der Waals surface area (Å²) in [6, 6.07) is 2.28. The molecule has 0 atom stereocenters. The fourth-order valence-corrected chi connectivity index (χ4v) is 1.85. The van der Waals surface area contributed by atoms with Gasteiger partial charge in [0.05, 0.1) is 0 Å². The highest BCUT2D eigenvalue weighted by atomic mass is 15.0. The first-order valence-electron chi connectivity index (χ1n) is 5.14. The molecule has 1 aromatic carbocycles. The Labute approximate surface area is 87.7 Å². The minimum Gasteiger partial charge on any atom is -0.305 e. The van der Waals surface area contributed by atoms with E-state index < -0.39 is 0 Å². The van der Waals surface area contributed by atoms with Gasteiger partial charge in [0.25, 0.3) is 0 Å². The zero-order chi connectivity index (χ0) is 10.9. The van der Waals surface area contributed by atoms with Crippen LogP contribution < -0.4 is 0 Å². The summed E-state index contributed by atoms with van der Waals surface area (Å²) in [4.78, 5) is 2.23. The molecule has 1 nitrogen and oxygen atoms in total. The molecule has 0 N–H and O–H groups in total. The highest BCUT2D eigenvalue weighted by Crippen LogP contribution is 2.22. The number of nitrogens with zero attached hydrogens (tertiary/aromatic N) is 1. The monoisotopic (exact) mass is 191 g/mol. The van der Waals surface area contributed by atoms with Gasteiger partial charge in [0, 0.05) is 6.54 Å². The van der Waals surface area contributed by atoms with E-state index >= 15 is 0 Å². The lowest BCUT2D eigenvalue weighted by molar-refractivity contribution is 0.400. The molecule has 0 heterocycles. The van der Waals surface area contributed by atoms with Crippen molar-refractivity contribution in [3.05, 3.63) is 33.9 Å². The SMILES string of the molecule is Cc1cc(C)c(C)c(CN(C)C)c1C. The standard InChI is InChI=1S/C13H21N/c1-9-7-10(2)12(4)13(11(9)3)8-14(5)6/h7H,8H2,1-6H3. The molecular formula is C13H21N. The van der Waals surface area contributed by atoms with Crippen molar-refractivity contribution >= 4 is 0 Å². The van der Waals surface area contributed by atoms with E-state index in [1.807, 2.05) is 0 Å². The Kier molecular flexibility index (Phi) is 3.33. The fraction of sp³-hybridized carbons (Fsp3) is 0.538. The molecule has 78 valence electrons. The number of hydrogen-bond donors (Lipinski definition) is 0. The number of benzene rings is 1. The van der Waals surface area contributed by atoms with Crippen LogP contribution in [0.25, 0.3) is 0 Å². The maximum Gasteiger partial charge on any atom is 0.0233 e. The van der Waals surface area contributed by atoms with Crippen molar-refractivity contribution in [2.24, 2.45) is 0 Å². The summed E-state index contributed by atoms with van der Waals surface area (Å²) in [5, 5.41) is 0. The third-order valence-electron chi connectivity index (χ3n) is 3.00. The van der Waals surface area contributed by atoms with Crippen molar-refractivity contribution in [3.8, 4) is 0 Å². The Morgan fingerprint density at radius 1 is 0.929 bits per heavy atom. The Hall–Kier alpha value is -0.820. The predicted molar refractivity (Wildman–Crippen MR) is 62.8 cm³/mol. The minimum atomic E-state index is 1.04. The summed E-state index contributed by atoms with van der Waals surface area (Å²) in [5.41, 5.74) is 7.20. The van der Waals surface area contributed by atoms with Crippen molar-refractivity contribution in [1.82, 2.24) is 4.90 Å². The molecule has 0 saturated carbocycles. The second-order valence-corrected chi connectivity index (χ2v) is 4.48. The maximum absolute atomic E-state index is 2.28. The van der Waals surface area contributed by atoms with Crippen molar-refractivity contribution in [1.29, 1.82) is 0 Å². The van der Waals surface area contributed by atoms with E-state index in [-0.39, 0.29) is 0 Å². The summed E-state index contributed by atoms with van der Waals surface area (Å²) in [5.74, 6) is 0. The van der Waals surface area contributed by atoms with E-state index in [0.29, 0.717) is 0 Å². The summed E-state index contributed by atoms with van der Waals surface area (Å²) < 4.78 is 0. The molecular weight excluding hydrogens is 170 g/mol. The summed E-state index contributed by atoms with van der Waals surface area (Å²) >= 11 is 0. The smallest absolute Gasteiger partial charge is 0.0233 e. The van der Waals surface area contributed by atoms with Crippen LogP contribution in [0.4, 0.5) is 0 Å². The quantitative estimate of drug-likeness (QED) is 0.694. The van der Waals surface area contributed by atoms with E-state index in [4.69, 9.17) is 0 Å². The Morgan fingerprint density at radius 2 is 1.36 bits per heavy atom. The predicted octanol–water partition coefficient (Wildman–Crippen LogP) is 2.98. The molecule has 0 bridgehead atoms. The number of rotatable bonds is 2. The van der Waals surface area contributed by atoms with Crippen LogP contribution in [0.3, 0.4) is 0 Å². The maximum atomic E-state index is 2.28. The van der Waals surface area contributed by atoms with Gasteiger partial charge in [-0.3, -0.25) is 0 Å². The first kappa shape index (κ1) is 11.3. The Morgan fingerprint density at radius 3 is 1.71 bits per heavy atom. The summed E-state index contributed by atoms with van der Waals surface area (Å²) in [6.45, 7) is 9.88. The fourth-order valence-electron chi connectivity index (χ4n) is 1.85. The lowest BCUT2D eigenvalue weighted by Gasteiger charge is -2.18. The molecule has 1 aromatic rings. The van der Waals surface area contributed by atoms with Crippen LogP contribution in [-0.4, -0.2) is 19.0 Å². The van der Waals surface area contributed by atoms with Crippen LogP contribution in [0.5, 0.6) is 0 Å². The van der Waals surface area contributed by atoms with Crippen LogP contribution in [0.1, 0.15) is 27.8 Å². The molecule has 0 fully saturated rings. The summed E-state index contributed by atoms with van der Waals surface area (Å²) in [6.07, 6.45) is 0. The minimum absolute atomic E-state index is 1.04. The van der Waals surface area contributed by atoms with Gasteiger partial charge in [-0.25, -0.2) is 0 Å². The zero-order valence-corrected chi connectivity index (χ0v) is 10.2. The lowest BCUT2D eigenvalue weighted by atomic mass is 9.94. The molecule has 0 unspecified atom stereocenters. The molecule has 0 aliphatic rings. The number of hydrogen-bond acceptors (Lipinski definition) is 1. The lowest BCUT2D eigenvalue weighted by Crippen LogP contribution is -2.14. The second-order valence-electron chi connectivity index (χ2n) is 4.48. The first-order valence-corrected chi connectivity index (χ1v) is 5.14. The van der Waals surface area contributed by atoms with Crippen LogP contribution in [0.15, 0.2) is 6.07 Å². The Bertz CT molecular complexity index is 311. The highest BCUT2D eigenvalue weighted by Gasteiger charge is 2.08. The van der Waals surface area contributed by atoms with E-state index in [1.54, 1.807) is 0 Å². The average molecular weight is 191 g/mol. The van der Waals surface area contributed by atoms with Gasteiger partial charge in [-0.15, -0.1) is 0 Å². The summed E-state index contributed by atoms with van der Waals surface area (Å²) in [7, 11) is 4.24. The van der Waals surface area contributed by atoms with Gasteiger partial charge >= 0.3 is 0 Å². The van der Waals surface area contributed by atoms with Gasteiger partial charge in [0.2, 0.25) is 0 Å². The molecule has 1 rings (SSSR count). The van der Waals surface area contributed by atoms with E-state index in [0.717, 1.165) is 6.54 Å². The third-order valence-corrected chi connectivity index (χ3v) is 3.00. The van der Waals surface area contributed by atoms with Crippen molar-refractivity contribution < 1.29 is 0 Å². The number of aryl methyl sites for hydroxylation is 2. The van der Waals surface area contributed by atoms with E-state index in [9.17, 15) is 0 Å². The van der Waals surface area contributed by atoms with Gasteiger partial charge < -0.3 is 4.90 Å². The van der Waals surface area contributed by atoms with Gasteiger partial charge in [-0.05, 0) is 69.6 Å². The van der Waals surface area contributed by atoms with Crippen LogP contribution in [-0.2, 0) is 6.54 Å². The largest absolute Gasteiger partial charge is 0.305 e. The van der Waals surface area contributed by atoms with E-state index in [2.05, 4.69) is 52.8 Å². The molecule has 14 heavy (non-hydrogen) atoms. The van der Waals surface area contributed by atoms with Crippen LogP contribution in [0.2, 0.25) is 0 Å². The van der Waals surface area contributed by atoms with Crippen molar-refractivity contribution in [2.45, 2.75) is 34.2 Å². The van der Waals surface area contributed by atoms with E-state index in [1.165, 1.54) is 27.8 Å². The molecule has 0 amide bonds. The zero-order valence-electron chi connectivity index (χ0n) is 10.2. The van der Waals surface area contributed by atoms with Gasteiger partial charge in [0.15, 0.2) is 0 Å². The highest BCUT2D eigenvalue weighted by molar-refractivity contribution is 5.43. The second kappa shape index (κ2) is 4.14. The molecule has 0 aromatic heterocycles. The molecule has 0 aliphatic heterocycles. The molecule has 0 saturated heterocycles. The van der Waals surface area contributed by atoms with Gasteiger partial charge in [-0.1, -0.05) is 6.07 Å². The first-order chi connectivity index (χ1) is 6.43. The average Bonchev–Trinajstić information content (AvgIpc) is 2.09. The molecule has 0 aliphatic carbocycles.